The summed E-state index contributed by atoms with van der Waals surface area (Å²) in [5.74, 6) is -0.225. The second-order valence-corrected chi connectivity index (χ2v) is 8.94. The van der Waals surface area contributed by atoms with Gasteiger partial charge < -0.3 is 10.1 Å². The molecule has 0 spiro atoms. The molecule has 0 atom stereocenters. The van der Waals surface area contributed by atoms with E-state index in [0.717, 1.165) is 17.3 Å². The number of non-ortho nitro benzene ring substituents is 1. The Labute approximate surface area is 207 Å². The summed E-state index contributed by atoms with van der Waals surface area (Å²) in [5, 5.41) is 13.7. The molecule has 1 heterocycles. The quantitative estimate of drug-likeness (QED) is 0.258. The summed E-state index contributed by atoms with van der Waals surface area (Å²) < 4.78 is 6.43. The number of thioether (sulfide) groups is 1. The number of amides is 2. The highest BCUT2D eigenvalue weighted by molar-refractivity contribution is 9.10. The lowest BCUT2D eigenvalue weighted by molar-refractivity contribution is -0.384. The Balaban J connectivity index is 1.43. The number of amidine groups is 1. The molecule has 4 rings (SSSR count). The number of rotatable bonds is 6. The van der Waals surface area contributed by atoms with Gasteiger partial charge >= 0.3 is 0 Å². The van der Waals surface area contributed by atoms with Gasteiger partial charge in [-0.3, -0.25) is 19.7 Å². The smallest absolute Gasteiger partial charge is 0.279 e. The van der Waals surface area contributed by atoms with E-state index in [4.69, 9.17) is 4.74 Å². The maximum Gasteiger partial charge on any atom is 0.279 e. The van der Waals surface area contributed by atoms with Crippen LogP contribution >= 0.6 is 27.7 Å². The monoisotopic (exact) mass is 537 g/mol. The number of hydrogen-bond acceptors (Lipinski definition) is 6. The van der Waals surface area contributed by atoms with E-state index in [1.165, 1.54) is 12.1 Å². The van der Waals surface area contributed by atoms with Gasteiger partial charge in [-0.1, -0.05) is 36.4 Å². The molecule has 1 fully saturated rings. The number of carbonyl (C=O) groups excluding carboxylic acids is 2. The van der Waals surface area contributed by atoms with Crippen molar-refractivity contribution >= 4 is 56.4 Å². The van der Waals surface area contributed by atoms with E-state index in [2.05, 4.69) is 26.2 Å². The van der Waals surface area contributed by atoms with Gasteiger partial charge in [0.2, 0.25) is 0 Å². The summed E-state index contributed by atoms with van der Waals surface area (Å²) in [6.45, 7) is 0.161. The molecule has 34 heavy (non-hydrogen) atoms. The summed E-state index contributed by atoms with van der Waals surface area (Å²) in [5.41, 5.74) is 1.85. The zero-order valence-corrected chi connectivity index (χ0v) is 19.8. The lowest BCUT2D eigenvalue weighted by atomic mass is 10.2. The highest BCUT2D eigenvalue weighted by Gasteiger charge is 2.25. The van der Waals surface area contributed by atoms with Gasteiger partial charge in [0.15, 0.2) is 5.17 Å². The van der Waals surface area contributed by atoms with Crippen LogP contribution < -0.4 is 10.1 Å². The molecule has 0 radical (unpaired) electrons. The largest absolute Gasteiger partial charge is 0.488 e. The summed E-state index contributed by atoms with van der Waals surface area (Å²) in [7, 11) is 0. The van der Waals surface area contributed by atoms with Crippen molar-refractivity contribution in [3.8, 4) is 5.75 Å². The molecule has 170 valence electrons. The minimum absolute atomic E-state index is 0.00264. The van der Waals surface area contributed by atoms with Crippen molar-refractivity contribution in [3.05, 3.63) is 109 Å². The van der Waals surface area contributed by atoms with Crippen LogP contribution in [0, 0.1) is 10.1 Å². The number of halogens is 1. The molecule has 0 unspecified atom stereocenters. The first-order chi connectivity index (χ1) is 16.4. The van der Waals surface area contributed by atoms with Crippen LogP contribution in [0.15, 0.2) is 87.2 Å². The van der Waals surface area contributed by atoms with Crippen LogP contribution in [0.25, 0.3) is 6.08 Å². The fourth-order valence-electron chi connectivity index (χ4n) is 3.01. The zero-order chi connectivity index (χ0) is 24.1. The van der Waals surface area contributed by atoms with Crippen LogP contribution in [-0.4, -0.2) is 21.9 Å². The highest BCUT2D eigenvalue weighted by Crippen LogP contribution is 2.31. The molecule has 10 heteroatoms. The van der Waals surface area contributed by atoms with Crippen LogP contribution in [0.5, 0.6) is 5.75 Å². The van der Waals surface area contributed by atoms with Gasteiger partial charge in [0.1, 0.15) is 12.4 Å². The minimum atomic E-state index is -0.452. The van der Waals surface area contributed by atoms with Crippen molar-refractivity contribution in [2.24, 2.45) is 4.99 Å². The van der Waals surface area contributed by atoms with Crippen LogP contribution in [-0.2, 0) is 11.4 Å². The molecule has 1 N–H and O–H groups in total. The number of nitro benzene ring substituents is 1. The van der Waals surface area contributed by atoms with E-state index >= 15 is 0 Å². The Morgan fingerprint density at radius 1 is 1.12 bits per heavy atom. The Kier molecular flexibility index (Phi) is 7.19. The molecule has 1 aliphatic heterocycles. The van der Waals surface area contributed by atoms with Gasteiger partial charge in [0.25, 0.3) is 17.5 Å². The van der Waals surface area contributed by atoms with Gasteiger partial charge in [-0.15, -0.1) is 0 Å². The fraction of sp³-hybridized carbons (Fsp3) is 0.0417. The van der Waals surface area contributed by atoms with Crippen molar-refractivity contribution in [2.75, 3.05) is 0 Å². The Hall–Kier alpha value is -3.76. The van der Waals surface area contributed by atoms with E-state index in [-0.39, 0.29) is 23.4 Å². The number of carbonyl (C=O) groups is 2. The van der Waals surface area contributed by atoms with E-state index in [9.17, 15) is 19.7 Å². The third-order valence-corrected chi connectivity index (χ3v) is 6.17. The number of hydrogen-bond donors (Lipinski definition) is 1. The summed E-state index contributed by atoms with van der Waals surface area (Å²) >= 11 is 4.54. The normalized spacial score (nSPS) is 15.4. The number of ether oxygens (including phenoxy) is 1. The van der Waals surface area contributed by atoms with Gasteiger partial charge in [-0.05, 0) is 69.2 Å². The topological polar surface area (TPSA) is 111 Å². The number of aliphatic imine (C=N–C) groups is 1. The average Bonchev–Trinajstić information content (AvgIpc) is 3.17. The van der Waals surface area contributed by atoms with Crippen molar-refractivity contribution < 1.29 is 19.2 Å². The molecule has 0 aromatic heterocycles. The molecular formula is C24H16BrN3O5S. The van der Waals surface area contributed by atoms with Crippen LogP contribution in [0.2, 0.25) is 0 Å². The van der Waals surface area contributed by atoms with Crippen LogP contribution in [0.3, 0.4) is 0 Å². The molecule has 8 nitrogen and oxygen atoms in total. The summed E-state index contributed by atoms with van der Waals surface area (Å²) in [4.78, 5) is 39.4. The predicted octanol–water partition coefficient (Wildman–Crippen LogP) is 5.34. The summed E-state index contributed by atoms with van der Waals surface area (Å²) in [6, 6.07) is 20.1. The van der Waals surface area contributed by atoms with E-state index < -0.39 is 10.8 Å². The predicted molar refractivity (Wildman–Crippen MR) is 133 cm³/mol. The van der Waals surface area contributed by atoms with Crippen molar-refractivity contribution in [1.29, 1.82) is 0 Å². The van der Waals surface area contributed by atoms with Gasteiger partial charge in [-0.25, -0.2) is 0 Å². The number of nitro groups is 1. The lowest BCUT2D eigenvalue weighted by Crippen LogP contribution is -2.20. The van der Waals surface area contributed by atoms with E-state index in [1.54, 1.807) is 66.7 Å². The first-order valence-corrected chi connectivity index (χ1v) is 11.5. The molecule has 3 aromatic carbocycles. The van der Waals surface area contributed by atoms with Crippen molar-refractivity contribution in [3.63, 3.8) is 0 Å². The van der Waals surface area contributed by atoms with Gasteiger partial charge in [-0.2, -0.15) is 4.99 Å². The zero-order valence-electron chi connectivity index (χ0n) is 17.4. The second-order valence-electron chi connectivity index (χ2n) is 7.06. The molecule has 0 bridgehead atoms. The van der Waals surface area contributed by atoms with Gasteiger partial charge in [0.05, 0.1) is 14.3 Å². The number of benzene rings is 3. The third-order valence-electron chi connectivity index (χ3n) is 4.64. The maximum absolute atomic E-state index is 12.3. The standard InChI is InChI=1S/C24H16BrN3O5S/c25-19-12-15(9-10-20(19)33-14-16-5-4-8-18(11-16)28(31)32)13-21-23(30)27-24(34-21)26-22(29)17-6-2-1-3-7-17/h1-13H,14H2,(H,26,27,29,30)/b21-13-. The first-order valence-electron chi connectivity index (χ1n) is 9.94. The van der Waals surface area contributed by atoms with Gasteiger partial charge in [0, 0.05) is 17.7 Å². The van der Waals surface area contributed by atoms with Crippen molar-refractivity contribution in [1.82, 2.24) is 5.32 Å². The molecule has 1 aliphatic rings. The molecule has 0 aliphatic carbocycles. The maximum atomic E-state index is 12.3. The molecule has 0 saturated carbocycles. The molecule has 3 aromatic rings. The van der Waals surface area contributed by atoms with E-state index in [0.29, 0.717) is 26.3 Å². The molecule has 1 saturated heterocycles. The lowest BCUT2D eigenvalue weighted by Gasteiger charge is -2.09. The van der Waals surface area contributed by atoms with E-state index in [1.807, 2.05) is 0 Å². The minimum Gasteiger partial charge on any atom is -0.488 e. The summed E-state index contributed by atoms with van der Waals surface area (Å²) in [6.07, 6.45) is 1.69. The first kappa shape index (κ1) is 23.4. The SMILES string of the molecule is O=C1NC(=NC(=O)c2ccccc2)S/C1=C\c1ccc(OCc2cccc([N+](=O)[O-])c2)c(Br)c1. The van der Waals surface area contributed by atoms with Crippen LogP contribution in [0.1, 0.15) is 21.5 Å². The number of nitrogens with zero attached hydrogens (tertiary/aromatic N) is 2. The van der Waals surface area contributed by atoms with Crippen LogP contribution in [0.4, 0.5) is 5.69 Å². The Bertz CT molecular complexity index is 1340. The second kappa shape index (κ2) is 10.4. The highest BCUT2D eigenvalue weighted by atomic mass is 79.9. The Morgan fingerprint density at radius 3 is 2.65 bits per heavy atom. The Morgan fingerprint density at radius 2 is 1.91 bits per heavy atom. The molecular weight excluding hydrogens is 522 g/mol. The molecule has 2 amide bonds. The van der Waals surface area contributed by atoms with Crippen molar-refractivity contribution in [2.45, 2.75) is 6.61 Å². The fourth-order valence-corrected chi connectivity index (χ4v) is 4.34. The average molecular weight is 538 g/mol. The number of nitrogens with one attached hydrogen (secondary N) is 1. The third kappa shape index (κ3) is 5.77.